The first-order valence-electron chi connectivity index (χ1n) is 7.55. The lowest BCUT2D eigenvalue weighted by atomic mass is 9.70. The van der Waals surface area contributed by atoms with Crippen molar-refractivity contribution < 1.29 is 0 Å². The first kappa shape index (κ1) is 13.6. The van der Waals surface area contributed by atoms with E-state index in [1.54, 1.807) is 5.56 Å². The Hall–Kier alpha value is -0.820. The van der Waals surface area contributed by atoms with Crippen molar-refractivity contribution in [2.24, 2.45) is 0 Å². The lowest BCUT2D eigenvalue weighted by Gasteiger charge is -2.44. The first-order chi connectivity index (χ1) is 8.78. The van der Waals surface area contributed by atoms with Gasteiger partial charge in [-0.2, -0.15) is 0 Å². The molecule has 0 aromatic heterocycles. The van der Waals surface area contributed by atoms with Crippen molar-refractivity contribution in [3.63, 3.8) is 0 Å². The molecule has 1 heterocycles. The molecule has 0 saturated carbocycles. The van der Waals surface area contributed by atoms with Crippen LogP contribution in [0.15, 0.2) is 24.3 Å². The van der Waals surface area contributed by atoms with E-state index in [4.69, 9.17) is 0 Å². The van der Waals surface area contributed by atoms with Gasteiger partial charge in [-0.15, -0.1) is 0 Å². The van der Waals surface area contributed by atoms with Crippen LogP contribution in [0.4, 0.5) is 0 Å². The van der Waals surface area contributed by atoms with E-state index in [0.717, 1.165) is 0 Å². The van der Waals surface area contributed by atoms with Crippen LogP contribution in [0, 0.1) is 6.92 Å². The van der Waals surface area contributed by atoms with Gasteiger partial charge < -0.3 is 5.32 Å². The van der Waals surface area contributed by atoms with Gasteiger partial charge in [0.2, 0.25) is 0 Å². The molecule has 18 heavy (non-hydrogen) atoms. The van der Waals surface area contributed by atoms with Gasteiger partial charge in [0.1, 0.15) is 0 Å². The van der Waals surface area contributed by atoms with Gasteiger partial charge in [-0.25, -0.2) is 0 Å². The third kappa shape index (κ3) is 2.95. The summed E-state index contributed by atoms with van der Waals surface area (Å²) in [6.45, 7) is 6.88. The Bertz CT molecular complexity index is 366. The summed E-state index contributed by atoms with van der Waals surface area (Å²) < 4.78 is 0. The third-order valence-electron chi connectivity index (χ3n) is 4.40. The van der Waals surface area contributed by atoms with Crippen molar-refractivity contribution in [3.05, 3.63) is 35.4 Å². The topological polar surface area (TPSA) is 12.0 Å². The van der Waals surface area contributed by atoms with Gasteiger partial charge in [0.05, 0.1) is 0 Å². The quantitative estimate of drug-likeness (QED) is 0.710. The van der Waals surface area contributed by atoms with E-state index in [2.05, 4.69) is 43.4 Å². The summed E-state index contributed by atoms with van der Waals surface area (Å²) >= 11 is 0. The van der Waals surface area contributed by atoms with Crippen molar-refractivity contribution in [3.8, 4) is 0 Å². The molecule has 1 saturated heterocycles. The molecule has 0 amide bonds. The average Bonchev–Trinajstić information content (AvgIpc) is 2.33. The van der Waals surface area contributed by atoms with Crippen LogP contribution >= 0.6 is 0 Å². The molecule has 0 radical (unpaired) electrons. The average molecular weight is 245 g/mol. The van der Waals surface area contributed by atoms with Crippen LogP contribution in [0.2, 0.25) is 0 Å². The Kier molecular flexibility index (Phi) is 4.82. The maximum Gasteiger partial charge on any atom is 0.0205 e. The Balaban J connectivity index is 1.92. The van der Waals surface area contributed by atoms with Crippen LogP contribution in [0.3, 0.4) is 0 Å². The molecule has 1 aromatic carbocycles. The summed E-state index contributed by atoms with van der Waals surface area (Å²) in [7, 11) is 0. The van der Waals surface area contributed by atoms with Crippen molar-refractivity contribution in [2.45, 2.75) is 57.8 Å². The van der Waals surface area contributed by atoms with E-state index in [-0.39, 0.29) is 0 Å². The Morgan fingerprint density at radius 1 is 1.06 bits per heavy atom. The van der Waals surface area contributed by atoms with Crippen LogP contribution < -0.4 is 5.32 Å². The molecule has 0 unspecified atom stereocenters. The highest BCUT2D eigenvalue weighted by atomic mass is 15.0. The summed E-state index contributed by atoms with van der Waals surface area (Å²) in [4.78, 5) is 0. The van der Waals surface area contributed by atoms with E-state index < -0.39 is 0 Å². The normalized spacial score (nSPS) is 17.4. The largest absolute Gasteiger partial charge is 0.315 e. The summed E-state index contributed by atoms with van der Waals surface area (Å²) in [5.41, 5.74) is 3.49. The molecule has 1 aliphatic heterocycles. The smallest absolute Gasteiger partial charge is 0.0205 e. The predicted octanol–water partition coefficient (Wildman–Crippen LogP) is 4.20. The number of hydrogen-bond acceptors (Lipinski definition) is 1. The molecule has 0 atom stereocenters. The fourth-order valence-electron chi connectivity index (χ4n) is 3.16. The van der Waals surface area contributed by atoms with Gasteiger partial charge >= 0.3 is 0 Å². The number of nitrogens with one attached hydrogen (secondary N) is 1. The third-order valence-corrected chi connectivity index (χ3v) is 4.40. The summed E-state index contributed by atoms with van der Waals surface area (Å²) in [6, 6.07) is 8.94. The van der Waals surface area contributed by atoms with Crippen LogP contribution in [0.5, 0.6) is 0 Å². The number of benzene rings is 1. The lowest BCUT2D eigenvalue weighted by molar-refractivity contribution is 0.248. The standard InChI is InChI=1S/C17H27N/c1-3-4-5-6-9-12-17(13-18-14-17)16-11-8-7-10-15(16)2/h7-8,10-11,18H,3-6,9,12-14H2,1-2H3. The molecule has 1 nitrogen and oxygen atoms in total. The van der Waals surface area contributed by atoms with Gasteiger partial charge in [0.25, 0.3) is 0 Å². The second-order valence-corrected chi connectivity index (χ2v) is 5.86. The van der Waals surface area contributed by atoms with Crippen molar-refractivity contribution in [1.82, 2.24) is 5.32 Å². The van der Waals surface area contributed by atoms with E-state index in [9.17, 15) is 0 Å². The van der Waals surface area contributed by atoms with Crippen LogP contribution in [0.25, 0.3) is 0 Å². The minimum Gasteiger partial charge on any atom is -0.315 e. The van der Waals surface area contributed by atoms with E-state index in [0.29, 0.717) is 5.41 Å². The molecular weight excluding hydrogens is 218 g/mol. The molecule has 100 valence electrons. The number of aryl methyl sites for hydroxylation is 1. The zero-order chi connectivity index (χ0) is 12.8. The Morgan fingerprint density at radius 3 is 2.39 bits per heavy atom. The van der Waals surface area contributed by atoms with Gasteiger partial charge in [-0.1, -0.05) is 63.3 Å². The van der Waals surface area contributed by atoms with E-state index in [1.165, 1.54) is 57.2 Å². The van der Waals surface area contributed by atoms with Crippen molar-refractivity contribution >= 4 is 0 Å². The summed E-state index contributed by atoms with van der Waals surface area (Å²) in [5, 5.41) is 3.48. The highest BCUT2D eigenvalue weighted by Gasteiger charge is 2.38. The minimum absolute atomic E-state index is 0.442. The maximum atomic E-state index is 3.48. The highest BCUT2D eigenvalue weighted by molar-refractivity contribution is 5.36. The zero-order valence-electron chi connectivity index (χ0n) is 12.0. The monoisotopic (exact) mass is 245 g/mol. The predicted molar refractivity (Wildman–Crippen MR) is 79.1 cm³/mol. The molecule has 0 bridgehead atoms. The fraction of sp³-hybridized carbons (Fsp3) is 0.647. The molecular formula is C17H27N. The van der Waals surface area contributed by atoms with Crippen molar-refractivity contribution in [1.29, 1.82) is 0 Å². The van der Waals surface area contributed by atoms with Crippen LogP contribution in [-0.4, -0.2) is 13.1 Å². The number of rotatable bonds is 7. The van der Waals surface area contributed by atoms with E-state index in [1.807, 2.05) is 0 Å². The highest BCUT2D eigenvalue weighted by Crippen LogP contribution is 2.35. The number of hydrogen-bond donors (Lipinski definition) is 1. The molecule has 2 rings (SSSR count). The Morgan fingerprint density at radius 2 is 1.78 bits per heavy atom. The second-order valence-electron chi connectivity index (χ2n) is 5.86. The molecule has 0 aliphatic carbocycles. The van der Waals surface area contributed by atoms with Crippen LogP contribution in [0.1, 0.15) is 56.6 Å². The molecule has 1 heteroatoms. The molecule has 1 N–H and O–H groups in total. The van der Waals surface area contributed by atoms with Crippen LogP contribution in [-0.2, 0) is 5.41 Å². The number of unbranched alkanes of at least 4 members (excludes halogenated alkanes) is 4. The lowest BCUT2D eigenvalue weighted by Crippen LogP contribution is -2.57. The van der Waals surface area contributed by atoms with E-state index >= 15 is 0 Å². The second kappa shape index (κ2) is 6.38. The summed E-state index contributed by atoms with van der Waals surface area (Å²) in [5.74, 6) is 0. The molecule has 1 aliphatic rings. The van der Waals surface area contributed by atoms with Gasteiger partial charge in [-0.05, 0) is 24.5 Å². The fourth-order valence-corrected chi connectivity index (χ4v) is 3.16. The maximum absolute atomic E-state index is 3.48. The Labute approximate surface area is 112 Å². The minimum atomic E-state index is 0.442. The summed E-state index contributed by atoms with van der Waals surface area (Å²) in [6.07, 6.45) is 8.29. The first-order valence-corrected chi connectivity index (χ1v) is 7.55. The molecule has 1 aromatic rings. The molecule has 1 fully saturated rings. The zero-order valence-corrected chi connectivity index (χ0v) is 12.0. The SMILES string of the molecule is CCCCCCCC1(c2ccccc2C)CNC1. The van der Waals surface area contributed by atoms with Gasteiger partial charge in [-0.3, -0.25) is 0 Å². The molecule has 0 spiro atoms. The van der Waals surface area contributed by atoms with Gasteiger partial charge in [0, 0.05) is 18.5 Å². The van der Waals surface area contributed by atoms with Gasteiger partial charge in [0.15, 0.2) is 0 Å². The van der Waals surface area contributed by atoms with Crippen molar-refractivity contribution in [2.75, 3.05) is 13.1 Å².